The van der Waals surface area contributed by atoms with E-state index in [1.807, 2.05) is 50.2 Å². The van der Waals surface area contributed by atoms with Crippen molar-refractivity contribution in [1.82, 2.24) is 5.32 Å². The number of rotatable bonds is 7. The highest BCUT2D eigenvalue weighted by molar-refractivity contribution is 6.10. The van der Waals surface area contributed by atoms with Crippen molar-refractivity contribution in [3.63, 3.8) is 0 Å². The SMILES string of the molecule is CCOc1ccccc1C(=O)Nc1ccccc1C(=O)NC(C)c1ccccc1. The van der Waals surface area contributed by atoms with E-state index in [0.717, 1.165) is 5.56 Å². The Morgan fingerprint density at radius 1 is 0.828 bits per heavy atom. The van der Waals surface area contributed by atoms with Crippen molar-refractivity contribution in [2.24, 2.45) is 0 Å². The molecule has 0 radical (unpaired) electrons. The Labute approximate surface area is 170 Å². The summed E-state index contributed by atoms with van der Waals surface area (Å²) in [6.07, 6.45) is 0. The fraction of sp³-hybridized carbons (Fsp3) is 0.167. The largest absolute Gasteiger partial charge is 0.493 e. The van der Waals surface area contributed by atoms with Crippen LogP contribution in [0.15, 0.2) is 78.9 Å². The Bertz CT molecular complexity index is 986. The van der Waals surface area contributed by atoms with Crippen LogP contribution in [0.5, 0.6) is 5.75 Å². The van der Waals surface area contributed by atoms with Crippen LogP contribution in [0.3, 0.4) is 0 Å². The molecule has 0 aliphatic heterocycles. The number of ether oxygens (including phenoxy) is 1. The Morgan fingerprint density at radius 2 is 1.45 bits per heavy atom. The van der Waals surface area contributed by atoms with Crippen molar-refractivity contribution in [3.05, 3.63) is 95.6 Å². The van der Waals surface area contributed by atoms with E-state index in [0.29, 0.717) is 29.2 Å². The van der Waals surface area contributed by atoms with Crippen LogP contribution in [0, 0.1) is 0 Å². The summed E-state index contributed by atoms with van der Waals surface area (Å²) in [6.45, 7) is 4.25. The normalized spacial score (nSPS) is 11.4. The lowest BCUT2D eigenvalue weighted by molar-refractivity contribution is 0.0941. The van der Waals surface area contributed by atoms with Crippen molar-refractivity contribution >= 4 is 17.5 Å². The molecular formula is C24H24N2O3. The molecule has 0 spiro atoms. The number of amides is 2. The standard InChI is InChI=1S/C24H24N2O3/c1-3-29-22-16-10-8-14-20(22)24(28)26-21-15-9-7-13-19(21)23(27)25-17(2)18-11-5-4-6-12-18/h4-17H,3H2,1-2H3,(H,25,27)(H,26,28). The average Bonchev–Trinajstić information content (AvgIpc) is 2.75. The lowest BCUT2D eigenvalue weighted by Gasteiger charge is -2.17. The molecule has 0 aromatic heterocycles. The zero-order valence-corrected chi connectivity index (χ0v) is 16.5. The van der Waals surface area contributed by atoms with Gasteiger partial charge in [0.2, 0.25) is 0 Å². The number of benzene rings is 3. The van der Waals surface area contributed by atoms with Gasteiger partial charge in [-0.1, -0.05) is 54.6 Å². The molecule has 5 heteroatoms. The molecule has 0 bridgehead atoms. The molecule has 2 amide bonds. The van der Waals surface area contributed by atoms with Crippen LogP contribution < -0.4 is 15.4 Å². The number of anilines is 1. The summed E-state index contributed by atoms with van der Waals surface area (Å²) in [4.78, 5) is 25.7. The molecular weight excluding hydrogens is 364 g/mol. The summed E-state index contributed by atoms with van der Waals surface area (Å²) in [6, 6.07) is 23.5. The Kier molecular flexibility index (Phi) is 6.63. The molecule has 2 N–H and O–H groups in total. The van der Waals surface area contributed by atoms with Gasteiger partial charge in [-0.3, -0.25) is 9.59 Å². The first kappa shape index (κ1) is 20.1. The van der Waals surface area contributed by atoms with E-state index in [2.05, 4.69) is 10.6 Å². The second kappa shape index (κ2) is 9.55. The lowest BCUT2D eigenvalue weighted by atomic mass is 10.1. The smallest absolute Gasteiger partial charge is 0.259 e. The van der Waals surface area contributed by atoms with Crippen LogP contribution in [-0.4, -0.2) is 18.4 Å². The van der Waals surface area contributed by atoms with Gasteiger partial charge in [-0.05, 0) is 43.7 Å². The van der Waals surface area contributed by atoms with Gasteiger partial charge in [-0.15, -0.1) is 0 Å². The molecule has 0 heterocycles. The summed E-state index contributed by atoms with van der Waals surface area (Å²) in [5.74, 6) is -0.0760. The summed E-state index contributed by atoms with van der Waals surface area (Å²) < 4.78 is 5.54. The van der Waals surface area contributed by atoms with Crippen LogP contribution >= 0.6 is 0 Å². The zero-order chi connectivity index (χ0) is 20.6. The fourth-order valence-corrected chi connectivity index (χ4v) is 3.01. The van der Waals surface area contributed by atoms with Gasteiger partial charge in [0, 0.05) is 0 Å². The minimum Gasteiger partial charge on any atom is -0.493 e. The first-order chi connectivity index (χ1) is 14.1. The Morgan fingerprint density at radius 3 is 2.17 bits per heavy atom. The highest BCUT2D eigenvalue weighted by Gasteiger charge is 2.18. The van der Waals surface area contributed by atoms with E-state index in [1.165, 1.54) is 0 Å². The molecule has 148 valence electrons. The third-order valence-electron chi connectivity index (χ3n) is 4.50. The number of hydrogen-bond acceptors (Lipinski definition) is 3. The third-order valence-corrected chi connectivity index (χ3v) is 4.50. The van der Waals surface area contributed by atoms with Gasteiger partial charge in [0.25, 0.3) is 11.8 Å². The molecule has 5 nitrogen and oxygen atoms in total. The molecule has 29 heavy (non-hydrogen) atoms. The second-order valence-electron chi connectivity index (χ2n) is 6.53. The number of nitrogens with one attached hydrogen (secondary N) is 2. The van der Waals surface area contributed by atoms with Crippen molar-refractivity contribution in [2.45, 2.75) is 19.9 Å². The Balaban J connectivity index is 1.78. The molecule has 3 aromatic rings. The molecule has 3 aromatic carbocycles. The van der Waals surface area contributed by atoms with Gasteiger partial charge < -0.3 is 15.4 Å². The fourth-order valence-electron chi connectivity index (χ4n) is 3.01. The number of hydrogen-bond donors (Lipinski definition) is 2. The lowest BCUT2D eigenvalue weighted by Crippen LogP contribution is -2.28. The first-order valence-electron chi connectivity index (χ1n) is 9.58. The van der Waals surface area contributed by atoms with Gasteiger partial charge in [0.15, 0.2) is 0 Å². The van der Waals surface area contributed by atoms with Crippen LogP contribution in [0.25, 0.3) is 0 Å². The molecule has 0 fully saturated rings. The van der Waals surface area contributed by atoms with Gasteiger partial charge in [-0.2, -0.15) is 0 Å². The van der Waals surface area contributed by atoms with E-state index in [4.69, 9.17) is 4.74 Å². The summed E-state index contributed by atoms with van der Waals surface area (Å²) in [7, 11) is 0. The van der Waals surface area contributed by atoms with E-state index in [1.54, 1.807) is 42.5 Å². The maximum Gasteiger partial charge on any atom is 0.259 e. The number of carbonyl (C=O) groups excluding carboxylic acids is 2. The second-order valence-corrected chi connectivity index (χ2v) is 6.53. The molecule has 0 aliphatic rings. The minimum atomic E-state index is -0.328. The molecule has 0 saturated carbocycles. The maximum atomic E-state index is 12.8. The number of para-hydroxylation sites is 2. The van der Waals surface area contributed by atoms with Gasteiger partial charge in [0.1, 0.15) is 5.75 Å². The molecule has 1 unspecified atom stereocenters. The maximum absolute atomic E-state index is 12.8. The van der Waals surface area contributed by atoms with Crippen molar-refractivity contribution < 1.29 is 14.3 Å². The van der Waals surface area contributed by atoms with E-state index < -0.39 is 0 Å². The minimum absolute atomic E-state index is 0.161. The Hall–Kier alpha value is -3.60. The molecule has 1 atom stereocenters. The van der Waals surface area contributed by atoms with Crippen molar-refractivity contribution in [3.8, 4) is 5.75 Å². The number of carbonyl (C=O) groups is 2. The highest BCUT2D eigenvalue weighted by Crippen LogP contribution is 2.22. The predicted molar refractivity (Wildman–Crippen MR) is 114 cm³/mol. The summed E-state index contributed by atoms with van der Waals surface area (Å²) in [5.41, 5.74) is 2.27. The molecule has 3 rings (SSSR count). The van der Waals surface area contributed by atoms with Gasteiger partial charge in [0.05, 0.1) is 29.5 Å². The van der Waals surface area contributed by atoms with Crippen molar-refractivity contribution in [2.75, 3.05) is 11.9 Å². The summed E-state index contributed by atoms with van der Waals surface area (Å²) >= 11 is 0. The molecule has 0 aliphatic carbocycles. The van der Waals surface area contributed by atoms with Crippen LogP contribution in [0.1, 0.15) is 46.2 Å². The van der Waals surface area contributed by atoms with Crippen LogP contribution in [-0.2, 0) is 0 Å². The topological polar surface area (TPSA) is 67.4 Å². The average molecular weight is 388 g/mol. The summed E-state index contributed by atoms with van der Waals surface area (Å²) in [5, 5.41) is 5.82. The first-order valence-corrected chi connectivity index (χ1v) is 9.58. The van der Waals surface area contributed by atoms with E-state index in [9.17, 15) is 9.59 Å². The predicted octanol–water partition coefficient (Wildman–Crippen LogP) is 4.83. The van der Waals surface area contributed by atoms with E-state index in [-0.39, 0.29) is 17.9 Å². The van der Waals surface area contributed by atoms with Crippen LogP contribution in [0.4, 0.5) is 5.69 Å². The van der Waals surface area contributed by atoms with Crippen molar-refractivity contribution in [1.29, 1.82) is 0 Å². The highest BCUT2D eigenvalue weighted by atomic mass is 16.5. The van der Waals surface area contributed by atoms with Crippen LogP contribution in [0.2, 0.25) is 0 Å². The quantitative estimate of drug-likeness (QED) is 0.609. The monoisotopic (exact) mass is 388 g/mol. The van der Waals surface area contributed by atoms with E-state index >= 15 is 0 Å². The van der Waals surface area contributed by atoms with Gasteiger partial charge in [-0.25, -0.2) is 0 Å². The third kappa shape index (κ3) is 5.02. The zero-order valence-electron chi connectivity index (χ0n) is 16.5. The van der Waals surface area contributed by atoms with Gasteiger partial charge >= 0.3 is 0 Å². The molecule has 0 saturated heterocycles.